The van der Waals surface area contributed by atoms with Crippen molar-refractivity contribution in [3.63, 3.8) is 0 Å². The second-order valence-electron chi connectivity index (χ2n) is 5.47. The first kappa shape index (κ1) is 16.5. The van der Waals surface area contributed by atoms with Crippen molar-refractivity contribution in [3.8, 4) is 0 Å². The van der Waals surface area contributed by atoms with E-state index in [0.717, 1.165) is 12.8 Å². The second kappa shape index (κ2) is 7.90. The molecule has 0 radical (unpaired) electrons. The smallest absolute Gasteiger partial charge is 0.317 e. The van der Waals surface area contributed by atoms with E-state index in [2.05, 4.69) is 43.4 Å². The molecule has 112 valence electrons. The van der Waals surface area contributed by atoms with Crippen LogP contribution in [0.15, 0.2) is 24.3 Å². The van der Waals surface area contributed by atoms with Crippen molar-refractivity contribution < 1.29 is 9.90 Å². The number of amides is 2. The number of aliphatic hydroxyl groups is 1. The highest BCUT2D eigenvalue weighted by Gasteiger charge is 2.15. The summed E-state index contributed by atoms with van der Waals surface area (Å²) in [4.78, 5) is 13.5. The summed E-state index contributed by atoms with van der Waals surface area (Å²) < 4.78 is 0. The molecule has 0 spiro atoms. The van der Waals surface area contributed by atoms with Crippen molar-refractivity contribution in [1.29, 1.82) is 0 Å². The van der Waals surface area contributed by atoms with Crippen LogP contribution in [0.5, 0.6) is 0 Å². The van der Waals surface area contributed by atoms with Crippen LogP contribution in [-0.4, -0.2) is 41.8 Å². The van der Waals surface area contributed by atoms with Crippen molar-refractivity contribution >= 4 is 6.03 Å². The van der Waals surface area contributed by atoms with E-state index in [1.165, 1.54) is 16.0 Å². The van der Waals surface area contributed by atoms with Gasteiger partial charge in [-0.05, 0) is 32.3 Å². The molecule has 2 unspecified atom stereocenters. The predicted molar refractivity (Wildman–Crippen MR) is 81.8 cm³/mol. The van der Waals surface area contributed by atoms with Crippen LogP contribution < -0.4 is 5.32 Å². The van der Waals surface area contributed by atoms with Gasteiger partial charge in [0.05, 0.1) is 6.10 Å². The molecule has 0 aliphatic rings. The fourth-order valence-electron chi connectivity index (χ4n) is 2.07. The molecule has 0 saturated carbocycles. The lowest BCUT2D eigenvalue weighted by Gasteiger charge is -2.24. The highest BCUT2D eigenvalue weighted by molar-refractivity contribution is 5.74. The fourth-order valence-corrected chi connectivity index (χ4v) is 2.07. The zero-order valence-electron chi connectivity index (χ0n) is 12.9. The summed E-state index contributed by atoms with van der Waals surface area (Å²) in [6.07, 6.45) is 1.19. The Bertz CT molecular complexity index is 415. The highest BCUT2D eigenvalue weighted by atomic mass is 16.3. The van der Waals surface area contributed by atoms with Crippen molar-refractivity contribution in [2.75, 3.05) is 13.6 Å². The molecule has 0 aliphatic heterocycles. The van der Waals surface area contributed by atoms with Gasteiger partial charge in [0, 0.05) is 19.6 Å². The topological polar surface area (TPSA) is 52.6 Å². The maximum atomic E-state index is 12.0. The van der Waals surface area contributed by atoms with Crippen molar-refractivity contribution in [2.45, 2.75) is 45.8 Å². The minimum absolute atomic E-state index is 0.113. The summed E-state index contributed by atoms with van der Waals surface area (Å²) in [5.74, 6) is 0. The Balaban J connectivity index is 2.54. The summed E-state index contributed by atoms with van der Waals surface area (Å²) in [7, 11) is 1.70. The maximum Gasteiger partial charge on any atom is 0.317 e. The van der Waals surface area contributed by atoms with Crippen LogP contribution in [0.1, 0.15) is 31.4 Å². The highest BCUT2D eigenvalue weighted by Crippen LogP contribution is 2.08. The lowest BCUT2D eigenvalue weighted by molar-refractivity contribution is 0.142. The molecular formula is C16H26N2O2. The molecule has 2 atom stereocenters. The number of rotatable bonds is 6. The maximum absolute atomic E-state index is 12.0. The summed E-state index contributed by atoms with van der Waals surface area (Å²) in [6, 6.07) is 8.35. The van der Waals surface area contributed by atoms with Gasteiger partial charge in [-0.25, -0.2) is 4.79 Å². The minimum atomic E-state index is -0.511. The van der Waals surface area contributed by atoms with Crippen LogP contribution in [0, 0.1) is 6.92 Å². The lowest BCUT2D eigenvalue weighted by Crippen LogP contribution is -2.45. The fraction of sp³-hybridized carbons (Fsp3) is 0.562. The molecule has 20 heavy (non-hydrogen) atoms. The van der Waals surface area contributed by atoms with Gasteiger partial charge in [0.1, 0.15) is 0 Å². The van der Waals surface area contributed by atoms with Gasteiger partial charge in [0.25, 0.3) is 0 Å². The number of hydrogen-bond acceptors (Lipinski definition) is 2. The SMILES string of the molecule is CCC(Cc1ccc(C)cc1)NC(=O)N(C)CC(C)O. The zero-order valence-corrected chi connectivity index (χ0v) is 12.9. The standard InChI is InChI=1S/C16H26N2O2/c1-5-15(10-14-8-6-12(2)7-9-14)17-16(20)18(4)11-13(3)19/h6-9,13,15,19H,5,10-11H2,1-4H3,(H,17,20). The Morgan fingerprint density at radius 3 is 2.45 bits per heavy atom. The third-order valence-corrected chi connectivity index (χ3v) is 3.31. The Hall–Kier alpha value is -1.55. The van der Waals surface area contributed by atoms with E-state index in [1.807, 2.05) is 0 Å². The summed E-state index contributed by atoms with van der Waals surface area (Å²) in [5, 5.41) is 12.3. The quantitative estimate of drug-likeness (QED) is 0.839. The number of urea groups is 1. The van der Waals surface area contributed by atoms with Crippen LogP contribution in [-0.2, 0) is 6.42 Å². The molecule has 0 aliphatic carbocycles. The number of carbonyl (C=O) groups excluding carboxylic acids is 1. The summed E-state index contributed by atoms with van der Waals surface area (Å²) in [6.45, 7) is 6.14. The van der Waals surface area contributed by atoms with Gasteiger partial charge >= 0.3 is 6.03 Å². The van der Waals surface area contributed by atoms with E-state index in [-0.39, 0.29) is 12.1 Å². The molecule has 4 heteroatoms. The van der Waals surface area contributed by atoms with Gasteiger partial charge in [-0.3, -0.25) is 0 Å². The Morgan fingerprint density at radius 2 is 1.95 bits per heavy atom. The molecular weight excluding hydrogens is 252 g/mol. The Morgan fingerprint density at radius 1 is 1.35 bits per heavy atom. The normalized spacial score (nSPS) is 13.7. The first-order valence-electron chi connectivity index (χ1n) is 7.17. The van der Waals surface area contributed by atoms with E-state index in [0.29, 0.717) is 6.54 Å². The second-order valence-corrected chi connectivity index (χ2v) is 5.47. The van der Waals surface area contributed by atoms with Gasteiger partial charge < -0.3 is 15.3 Å². The third-order valence-electron chi connectivity index (χ3n) is 3.31. The van der Waals surface area contributed by atoms with Gasteiger partial charge in [-0.2, -0.15) is 0 Å². The Labute approximate surface area is 121 Å². The lowest BCUT2D eigenvalue weighted by atomic mass is 10.0. The van der Waals surface area contributed by atoms with Crippen LogP contribution in [0.2, 0.25) is 0 Å². The number of aryl methyl sites for hydroxylation is 1. The van der Waals surface area contributed by atoms with Gasteiger partial charge in [-0.1, -0.05) is 36.8 Å². The molecule has 0 bridgehead atoms. The van der Waals surface area contributed by atoms with Crippen molar-refractivity contribution in [1.82, 2.24) is 10.2 Å². The molecule has 1 aromatic rings. The van der Waals surface area contributed by atoms with E-state index >= 15 is 0 Å². The minimum Gasteiger partial charge on any atom is -0.392 e. The number of aliphatic hydroxyl groups excluding tert-OH is 1. The first-order valence-corrected chi connectivity index (χ1v) is 7.17. The van der Waals surface area contributed by atoms with Crippen LogP contribution in [0.25, 0.3) is 0 Å². The van der Waals surface area contributed by atoms with E-state index < -0.39 is 6.10 Å². The van der Waals surface area contributed by atoms with Crippen LogP contribution in [0.4, 0.5) is 4.79 Å². The monoisotopic (exact) mass is 278 g/mol. The molecule has 2 amide bonds. The molecule has 4 nitrogen and oxygen atoms in total. The molecule has 2 N–H and O–H groups in total. The largest absolute Gasteiger partial charge is 0.392 e. The molecule has 0 fully saturated rings. The van der Waals surface area contributed by atoms with E-state index in [9.17, 15) is 9.90 Å². The van der Waals surface area contributed by atoms with Crippen molar-refractivity contribution in [2.24, 2.45) is 0 Å². The molecule has 1 rings (SSSR count). The van der Waals surface area contributed by atoms with Gasteiger partial charge in [0.2, 0.25) is 0 Å². The third kappa shape index (κ3) is 5.61. The molecule has 1 aromatic carbocycles. The van der Waals surface area contributed by atoms with Crippen LogP contribution >= 0.6 is 0 Å². The number of nitrogens with one attached hydrogen (secondary N) is 1. The predicted octanol–water partition coefficient (Wildman–Crippen LogP) is 2.34. The van der Waals surface area contributed by atoms with Gasteiger partial charge in [0.15, 0.2) is 0 Å². The molecule has 0 heterocycles. The number of nitrogens with zero attached hydrogens (tertiary/aromatic N) is 1. The van der Waals surface area contributed by atoms with Gasteiger partial charge in [-0.15, -0.1) is 0 Å². The van der Waals surface area contributed by atoms with E-state index in [4.69, 9.17) is 0 Å². The summed E-state index contributed by atoms with van der Waals surface area (Å²) >= 11 is 0. The number of carbonyl (C=O) groups is 1. The summed E-state index contributed by atoms with van der Waals surface area (Å²) in [5.41, 5.74) is 2.46. The zero-order chi connectivity index (χ0) is 15.1. The molecule has 0 saturated heterocycles. The molecule has 0 aromatic heterocycles. The number of benzene rings is 1. The van der Waals surface area contributed by atoms with Crippen molar-refractivity contribution in [3.05, 3.63) is 35.4 Å². The van der Waals surface area contributed by atoms with E-state index in [1.54, 1.807) is 14.0 Å². The Kier molecular flexibility index (Phi) is 6.52. The average molecular weight is 278 g/mol. The number of likely N-dealkylation sites (N-methyl/N-ethyl adjacent to an activating group) is 1. The number of hydrogen-bond donors (Lipinski definition) is 2. The first-order chi connectivity index (χ1) is 9.42. The average Bonchev–Trinajstić information content (AvgIpc) is 2.39. The van der Waals surface area contributed by atoms with Crippen LogP contribution in [0.3, 0.4) is 0 Å².